The number of fused-ring (bicyclic) bond motifs is 2. The third-order valence-electron chi connectivity index (χ3n) is 5.08. The van der Waals surface area contributed by atoms with Crippen molar-refractivity contribution in [3.63, 3.8) is 0 Å². The average molecular weight is 428 g/mol. The van der Waals surface area contributed by atoms with Gasteiger partial charge < -0.3 is 4.98 Å². The van der Waals surface area contributed by atoms with Crippen LogP contribution < -0.4 is 0 Å². The zero-order valence-corrected chi connectivity index (χ0v) is 17.5. The highest BCUT2D eigenvalue weighted by Gasteiger charge is 2.17. The molecule has 0 aliphatic rings. The van der Waals surface area contributed by atoms with E-state index >= 15 is 0 Å². The Morgan fingerprint density at radius 1 is 1.16 bits per heavy atom. The molecule has 7 heteroatoms. The summed E-state index contributed by atoms with van der Waals surface area (Å²) in [7, 11) is 0. The van der Waals surface area contributed by atoms with Crippen LogP contribution in [0.15, 0.2) is 73.6 Å². The third-order valence-corrected chi connectivity index (χ3v) is 5.98. The number of H-pyrrole nitrogens is 2. The highest BCUT2D eigenvalue weighted by atomic mass is 32.1. The quantitative estimate of drug-likeness (QED) is 0.314. The van der Waals surface area contributed by atoms with Crippen molar-refractivity contribution < 1.29 is 4.39 Å². The first-order valence-electron chi connectivity index (χ1n) is 9.71. The third kappa shape index (κ3) is 3.39. The first-order valence-corrected chi connectivity index (χ1v) is 10.5. The van der Waals surface area contributed by atoms with Crippen LogP contribution in [-0.2, 0) is 0 Å². The number of rotatable bonds is 5. The predicted octanol–water partition coefficient (Wildman–Crippen LogP) is 6.51. The highest BCUT2D eigenvalue weighted by Crippen LogP contribution is 2.34. The maximum Gasteiger partial charge on any atom is 0.176 e. The molecule has 5 aromatic rings. The van der Waals surface area contributed by atoms with Crippen LogP contribution in [0, 0.1) is 5.13 Å². The lowest BCUT2D eigenvalue weighted by atomic mass is 10.0. The molecule has 4 aromatic heterocycles. The predicted molar refractivity (Wildman–Crippen MR) is 125 cm³/mol. The number of pyridine rings is 1. The maximum absolute atomic E-state index is 13.6. The Bertz CT molecular complexity index is 1480. The van der Waals surface area contributed by atoms with Gasteiger partial charge in [0.1, 0.15) is 11.2 Å². The SMILES string of the molecule is C=C/C=C\C(=C/C)c1ccc2[nH]nc(-c3nc4c(-c5ccc(F)s5)cncc4[nH]3)c2c1. The van der Waals surface area contributed by atoms with Crippen LogP contribution in [0.1, 0.15) is 12.5 Å². The highest BCUT2D eigenvalue weighted by molar-refractivity contribution is 7.14. The van der Waals surface area contributed by atoms with Crippen molar-refractivity contribution in [2.24, 2.45) is 0 Å². The van der Waals surface area contributed by atoms with Gasteiger partial charge in [0.15, 0.2) is 11.0 Å². The summed E-state index contributed by atoms with van der Waals surface area (Å²) in [6.07, 6.45) is 11.2. The van der Waals surface area contributed by atoms with Gasteiger partial charge in [-0.25, -0.2) is 4.98 Å². The minimum Gasteiger partial charge on any atom is -0.335 e. The number of thiophene rings is 1. The van der Waals surface area contributed by atoms with E-state index in [1.165, 1.54) is 6.07 Å². The Kier molecular flexibility index (Phi) is 4.80. The van der Waals surface area contributed by atoms with Gasteiger partial charge in [0.05, 0.1) is 17.2 Å². The summed E-state index contributed by atoms with van der Waals surface area (Å²) in [6.45, 7) is 5.74. The lowest BCUT2D eigenvalue weighted by Gasteiger charge is -2.03. The monoisotopic (exact) mass is 427 g/mol. The number of nitrogens with zero attached hydrogens (tertiary/aromatic N) is 3. The molecule has 0 amide bonds. The van der Waals surface area contributed by atoms with Crippen LogP contribution >= 0.6 is 11.3 Å². The summed E-state index contributed by atoms with van der Waals surface area (Å²) >= 11 is 1.08. The zero-order chi connectivity index (χ0) is 21.4. The number of imidazole rings is 1. The van der Waals surface area contributed by atoms with Crippen LogP contribution in [0.5, 0.6) is 0 Å². The number of benzene rings is 1. The molecule has 0 atom stereocenters. The molecule has 2 N–H and O–H groups in total. The van der Waals surface area contributed by atoms with Crippen molar-refractivity contribution in [1.29, 1.82) is 0 Å². The lowest BCUT2D eigenvalue weighted by Crippen LogP contribution is -1.84. The van der Waals surface area contributed by atoms with E-state index in [2.05, 4.69) is 45.0 Å². The number of allylic oxidation sites excluding steroid dienone is 5. The van der Waals surface area contributed by atoms with E-state index in [-0.39, 0.29) is 5.13 Å². The number of aromatic nitrogens is 5. The summed E-state index contributed by atoms with van der Waals surface area (Å²) < 4.78 is 13.6. The molecule has 0 aliphatic heterocycles. The molecule has 31 heavy (non-hydrogen) atoms. The Morgan fingerprint density at radius 2 is 2.06 bits per heavy atom. The molecule has 0 unspecified atom stereocenters. The molecule has 5 nitrogen and oxygen atoms in total. The molecule has 152 valence electrons. The van der Waals surface area contributed by atoms with Gasteiger partial charge in [-0.3, -0.25) is 10.1 Å². The molecule has 0 saturated carbocycles. The van der Waals surface area contributed by atoms with Crippen LogP contribution in [-0.4, -0.2) is 25.1 Å². The van der Waals surface area contributed by atoms with Gasteiger partial charge in [-0.1, -0.05) is 36.9 Å². The molecular formula is C24H18FN5S. The van der Waals surface area contributed by atoms with Crippen LogP contribution in [0.2, 0.25) is 0 Å². The number of hydrogen-bond acceptors (Lipinski definition) is 4. The van der Waals surface area contributed by atoms with Crippen molar-refractivity contribution in [3.8, 4) is 22.0 Å². The Hall–Kier alpha value is -3.84. The normalized spacial score (nSPS) is 12.4. The Balaban J connectivity index is 1.65. The van der Waals surface area contributed by atoms with Crippen LogP contribution in [0.4, 0.5) is 4.39 Å². The Morgan fingerprint density at radius 3 is 2.84 bits per heavy atom. The van der Waals surface area contributed by atoms with E-state index in [1.807, 2.05) is 25.1 Å². The molecular weight excluding hydrogens is 409 g/mol. The molecule has 0 saturated heterocycles. The second-order valence-corrected chi connectivity index (χ2v) is 7.98. The van der Waals surface area contributed by atoms with Crippen molar-refractivity contribution in [1.82, 2.24) is 25.1 Å². The van der Waals surface area contributed by atoms with E-state index in [1.54, 1.807) is 24.5 Å². The smallest absolute Gasteiger partial charge is 0.176 e. The number of halogens is 1. The van der Waals surface area contributed by atoms with E-state index in [4.69, 9.17) is 4.98 Å². The van der Waals surface area contributed by atoms with Gasteiger partial charge in [0.2, 0.25) is 0 Å². The van der Waals surface area contributed by atoms with E-state index in [0.29, 0.717) is 5.82 Å². The maximum atomic E-state index is 13.6. The minimum atomic E-state index is -0.237. The second-order valence-electron chi connectivity index (χ2n) is 6.94. The van der Waals surface area contributed by atoms with Crippen molar-refractivity contribution >= 4 is 38.8 Å². The first kappa shape index (κ1) is 19.1. The number of aromatic amines is 2. The van der Waals surface area contributed by atoms with Crippen LogP contribution in [0.25, 0.3) is 49.5 Å². The van der Waals surface area contributed by atoms with E-state index in [0.717, 1.165) is 60.5 Å². The second kappa shape index (κ2) is 7.77. The summed E-state index contributed by atoms with van der Waals surface area (Å²) in [5.74, 6) is 0.633. The van der Waals surface area contributed by atoms with Gasteiger partial charge in [-0.05, 0) is 42.3 Å². The minimum absolute atomic E-state index is 0.237. The summed E-state index contributed by atoms with van der Waals surface area (Å²) in [6, 6.07) is 9.36. The molecule has 0 fully saturated rings. The molecule has 0 aliphatic carbocycles. The molecule has 0 radical (unpaired) electrons. The van der Waals surface area contributed by atoms with Gasteiger partial charge in [0, 0.05) is 22.0 Å². The largest absolute Gasteiger partial charge is 0.335 e. The van der Waals surface area contributed by atoms with Crippen molar-refractivity contribution in [3.05, 3.63) is 84.3 Å². The molecule has 4 heterocycles. The molecule has 5 rings (SSSR count). The standard InChI is InChI=1S/C24H18FN5S/c1-3-5-6-14(4-2)15-7-8-18-16(11-15)23(30-29-18)24-27-19-13-26-12-17(22(19)28-24)20-9-10-21(25)31-20/h3-13H,1H2,2H3,(H,27,28)(H,29,30)/b6-5-,14-4+. The van der Waals surface area contributed by atoms with Gasteiger partial charge in [-0.2, -0.15) is 9.49 Å². The molecule has 0 spiro atoms. The van der Waals surface area contributed by atoms with Gasteiger partial charge in [0.25, 0.3) is 0 Å². The van der Waals surface area contributed by atoms with Crippen molar-refractivity contribution in [2.45, 2.75) is 6.92 Å². The fourth-order valence-electron chi connectivity index (χ4n) is 3.59. The number of nitrogens with one attached hydrogen (secondary N) is 2. The summed E-state index contributed by atoms with van der Waals surface area (Å²) in [5.41, 5.74) is 6.10. The lowest BCUT2D eigenvalue weighted by molar-refractivity contribution is 0.657. The molecule has 1 aromatic carbocycles. The van der Waals surface area contributed by atoms with Gasteiger partial charge in [-0.15, -0.1) is 11.3 Å². The summed E-state index contributed by atoms with van der Waals surface area (Å²) in [5, 5.41) is 8.31. The van der Waals surface area contributed by atoms with Crippen molar-refractivity contribution in [2.75, 3.05) is 0 Å². The van der Waals surface area contributed by atoms with E-state index < -0.39 is 0 Å². The van der Waals surface area contributed by atoms with E-state index in [9.17, 15) is 4.39 Å². The number of hydrogen-bond donors (Lipinski definition) is 2. The fourth-order valence-corrected chi connectivity index (χ4v) is 4.33. The topological polar surface area (TPSA) is 70.2 Å². The van der Waals surface area contributed by atoms with Gasteiger partial charge >= 0.3 is 0 Å². The zero-order valence-electron chi connectivity index (χ0n) is 16.7. The average Bonchev–Trinajstić information content (AvgIpc) is 3.51. The fraction of sp³-hybridized carbons (Fsp3) is 0.0417. The Labute approximate surface area is 181 Å². The first-order chi connectivity index (χ1) is 15.2. The molecule has 0 bridgehead atoms. The summed E-state index contributed by atoms with van der Waals surface area (Å²) in [4.78, 5) is 13.2. The van der Waals surface area contributed by atoms with Crippen LogP contribution in [0.3, 0.4) is 0 Å².